The van der Waals surface area contributed by atoms with Crippen molar-refractivity contribution in [2.45, 2.75) is 25.5 Å². The van der Waals surface area contributed by atoms with E-state index < -0.39 is 12.1 Å². The number of aliphatic hydroxyl groups excluding tert-OH is 1. The third kappa shape index (κ3) is 3.60. The van der Waals surface area contributed by atoms with Crippen LogP contribution < -0.4 is 5.32 Å². The average molecular weight is 387 g/mol. The molecular formula is C18H18FN5O2S. The van der Waals surface area contributed by atoms with Gasteiger partial charge in [-0.2, -0.15) is 4.39 Å². The molecule has 1 amide bonds. The molecule has 3 aromatic rings. The highest BCUT2D eigenvalue weighted by Crippen LogP contribution is 2.27. The molecule has 2 atom stereocenters. The van der Waals surface area contributed by atoms with Crippen molar-refractivity contribution in [1.82, 2.24) is 19.9 Å². The van der Waals surface area contributed by atoms with Crippen molar-refractivity contribution < 1.29 is 14.3 Å². The Morgan fingerprint density at radius 2 is 2.30 bits per heavy atom. The number of halogens is 1. The maximum absolute atomic E-state index is 13.4. The van der Waals surface area contributed by atoms with E-state index in [1.165, 1.54) is 23.6 Å². The van der Waals surface area contributed by atoms with Crippen LogP contribution in [0.1, 0.15) is 35.4 Å². The Morgan fingerprint density at radius 1 is 1.44 bits per heavy atom. The molecule has 140 valence electrons. The summed E-state index contributed by atoms with van der Waals surface area (Å²) < 4.78 is 14.1. The van der Waals surface area contributed by atoms with Crippen molar-refractivity contribution in [2.24, 2.45) is 0 Å². The summed E-state index contributed by atoms with van der Waals surface area (Å²) in [5.74, 6) is -0.473. The van der Waals surface area contributed by atoms with E-state index in [0.717, 1.165) is 4.70 Å². The van der Waals surface area contributed by atoms with Gasteiger partial charge in [0.2, 0.25) is 11.9 Å². The summed E-state index contributed by atoms with van der Waals surface area (Å²) in [6.07, 6.45) is 1.48. The Morgan fingerprint density at radius 3 is 3.04 bits per heavy atom. The zero-order valence-electron chi connectivity index (χ0n) is 14.6. The van der Waals surface area contributed by atoms with Crippen molar-refractivity contribution in [3.63, 3.8) is 0 Å². The maximum atomic E-state index is 13.4. The summed E-state index contributed by atoms with van der Waals surface area (Å²) in [6.45, 7) is 2.67. The van der Waals surface area contributed by atoms with Gasteiger partial charge in [0.25, 0.3) is 5.91 Å². The fourth-order valence-electron chi connectivity index (χ4n) is 3.11. The van der Waals surface area contributed by atoms with Crippen molar-refractivity contribution in [2.75, 3.05) is 18.4 Å². The number of fused-ring (bicyclic) bond motifs is 1. The van der Waals surface area contributed by atoms with E-state index in [0.29, 0.717) is 42.2 Å². The van der Waals surface area contributed by atoms with Gasteiger partial charge >= 0.3 is 0 Å². The van der Waals surface area contributed by atoms with Gasteiger partial charge in [0.1, 0.15) is 0 Å². The second-order valence-electron chi connectivity index (χ2n) is 6.50. The molecule has 0 spiro atoms. The van der Waals surface area contributed by atoms with E-state index in [-0.39, 0.29) is 11.9 Å². The SMILES string of the molecule is C[C@H](Nc1nc(C(=O)N2CC[C@@H](O)C2)c2sccc2n1)c1ccnc(F)c1. The number of aliphatic hydroxyl groups is 1. The van der Waals surface area contributed by atoms with Gasteiger partial charge in [-0.3, -0.25) is 4.79 Å². The van der Waals surface area contributed by atoms with Crippen molar-refractivity contribution >= 4 is 33.4 Å². The fraction of sp³-hybridized carbons (Fsp3) is 0.333. The lowest BCUT2D eigenvalue weighted by Crippen LogP contribution is -2.30. The number of nitrogens with one attached hydrogen (secondary N) is 1. The molecule has 0 aromatic carbocycles. The summed E-state index contributed by atoms with van der Waals surface area (Å²) in [5.41, 5.74) is 1.69. The smallest absolute Gasteiger partial charge is 0.274 e. The number of hydrogen-bond acceptors (Lipinski definition) is 7. The Kier molecular flexibility index (Phi) is 4.71. The third-order valence-electron chi connectivity index (χ3n) is 4.55. The van der Waals surface area contributed by atoms with E-state index in [9.17, 15) is 14.3 Å². The number of carbonyl (C=O) groups is 1. The van der Waals surface area contributed by atoms with Crippen LogP contribution in [0, 0.1) is 5.95 Å². The van der Waals surface area contributed by atoms with Gasteiger partial charge in [-0.1, -0.05) is 0 Å². The minimum Gasteiger partial charge on any atom is -0.391 e. The van der Waals surface area contributed by atoms with Crippen LogP contribution in [0.15, 0.2) is 29.8 Å². The molecule has 27 heavy (non-hydrogen) atoms. The monoisotopic (exact) mass is 387 g/mol. The number of anilines is 1. The first-order valence-corrected chi connectivity index (χ1v) is 9.50. The molecule has 9 heteroatoms. The van der Waals surface area contributed by atoms with E-state index in [2.05, 4.69) is 20.3 Å². The zero-order chi connectivity index (χ0) is 19.0. The summed E-state index contributed by atoms with van der Waals surface area (Å²) in [6, 6.07) is 4.62. The molecule has 0 radical (unpaired) electrons. The van der Waals surface area contributed by atoms with Crippen LogP contribution in [0.25, 0.3) is 10.2 Å². The minimum absolute atomic E-state index is 0.216. The standard InChI is InChI=1S/C18H18FN5O2S/c1-10(11-2-5-20-14(19)8-11)21-18-22-13-4-7-27-16(13)15(23-18)17(26)24-6-3-12(25)9-24/h2,4-5,7-8,10,12,25H,3,6,9H2,1H3,(H,21,22,23)/t10-,12+/m0/s1. The lowest BCUT2D eigenvalue weighted by Gasteiger charge is -2.17. The molecule has 0 aliphatic carbocycles. The second-order valence-corrected chi connectivity index (χ2v) is 7.42. The number of likely N-dealkylation sites (tertiary alicyclic amines) is 1. The first-order chi connectivity index (χ1) is 13.0. The van der Waals surface area contributed by atoms with Gasteiger partial charge in [0, 0.05) is 19.3 Å². The van der Waals surface area contributed by atoms with Crippen LogP contribution in [0.4, 0.5) is 10.3 Å². The predicted octanol–water partition coefficient (Wildman–Crippen LogP) is 2.61. The van der Waals surface area contributed by atoms with E-state index in [1.54, 1.807) is 11.0 Å². The van der Waals surface area contributed by atoms with Gasteiger partial charge in [0.15, 0.2) is 5.69 Å². The van der Waals surface area contributed by atoms with Gasteiger partial charge in [-0.25, -0.2) is 15.0 Å². The van der Waals surface area contributed by atoms with Crippen LogP contribution >= 0.6 is 11.3 Å². The number of nitrogens with zero attached hydrogens (tertiary/aromatic N) is 4. The maximum Gasteiger partial charge on any atom is 0.274 e. The van der Waals surface area contributed by atoms with E-state index >= 15 is 0 Å². The Hall–Kier alpha value is -2.65. The molecule has 0 saturated carbocycles. The molecule has 1 aliphatic heterocycles. The first kappa shape index (κ1) is 17.7. The molecule has 3 aromatic heterocycles. The highest BCUT2D eigenvalue weighted by molar-refractivity contribution is 7.17. The highest BCUT2D eigenvalue weighted by atomic mass is 32.1. The van der Waals surface area contributed by atoms with Crippen LogP contribution in [-0.2, 0) is 0 Å². The summed E-state index contributed by atoms with van der Waals surface area (Å²) >= 11 is 1.41. The van der Waals surface area contributed by atoms with Crippen molar-refractivity contribution in [1.29, 1.82) is 0 Å². The lowest BCUT2D eigenvalue weighted by molar-refractivity contribution is 0.0761. The molecule has 1 fully saturated rings. The number of rotatable bonds is 4. The fourth-order valence-corrected chi connectivity index (χ4v) is 3.92. The van der Waals surface area contributed by atoms with Crippen LogP contribution in [0.3, 0.4) is 0 Å². The second kappa shape index (κ2) is 7.16. The number of β-amino-alcohol motifs (C(OH)–C–C–N with tert-alkyl or cyclic N) is 1. The zero-order valence-corrected chi connectivity index (χ0v) is 15.4. The molecule has 1 saturated heterocycles. The Balaban J connectivity index is 1.65. The van der Waals surface area contributed by atoms with Crippen molar-refractivity contribution in [3.8, 4) is 0 Å². The molecule has 7 nitrogen and oxygen atoms in total. The minimum atomic E-state index is -0.557. The molecule has 0 bridgehead atoms. The van der Waals surface area contributed by atoms with Crippen LogP contribution in [-0.4, -0.2) is 50.1 Å². The topological polar surface area (TPSA) is 91.2 Å². The molecular weight excluding hydrogens is 369 g/mol. The number of hydrogen-bond donors (Lipinski definition) is 2. The predicted molar refractivity (Wildman–Crippen MR) is 100 cm³/mol. The van der Waals surface area contributed by atoms with Crippen LogP contribution in [0.5, 0.6) is 0 Å². The summed E-state index contributed by atoms with van der Waals surface area (Å²) in [7, 11) is 0. The Bertz CT molecular complexity index is 995. The normalized spacial score (nSPS) is 18.0. The summed E-state index contributed by atoms with van der Waals surface area (Å²) in [4.78, 5) is 27.0. The molecule has 0 unspecified atom stereocenters. The molecule has 4 heterocycles. The van der Waals surface area contributed by atoms with Crippen LogP contribution in [0.2, 0.25) is 0 Å². The number of aromatic nitrogens is 3. The summed E-state index contributed by atoms with van der Waals surface area (Å²) in [5, 5.41) is 14.7. The Labute approximate surface area is 158 Å². The molecule has 1 aliphatic rings. The van der Waals surface area contributed by atoms with Gasteiger partial charge in [-0.15, -0.1) is 11.3 Å². The van der Waals surface area contributed by atoms with E-state index in [1.807, 2.05) is 18.4 Å². The van der Waals surface area contributed by atoms with E-state index in [4.69, 9.17) is 0 Å². The number of thiophene rings is 1. The first-order valence-electron chi connectivity index (χ1n) is 8.62. The van der Waals surface area contributed by atoms with Gasteiger partial charge in [0.05, 0.1) is 22.4 Å². The lowest BCUT2D eigenvalue weighted by atomic mass is 10.1. The van der Waals surface area contributed by atoms with Gasteiger partial charge in [-0.05, 0) is 42.5 Å². The number of pyridine rings is 1. The number of amides is 1. The average Bonchev–Trinajstić information content (AvgIpc) is 3.29. The van der Waals surface area contributed by atoms with Crippen molar-refractivity contribution in [3.05, 3.63) is 47.0 Å². The largest absolute Gasteiger partial charge is 0.391 e. The molecule has 4 rings (SSSR count). The third-order valence-corrected chi connectivity index (χ3v) is 5.46. The molecule has 2 N–H and O–H groups in total. The highest BCUT2D eigenvalue weighted by Gasteiger charge is 2.28. The number of carbonyl (C=O) groups excluding carboxylic acids is 1. The van der Waals surface area contributed by atoms with Gasteiger partial charge < -0.3 is 15.3 Å². The quantitative estimate of drug-likeness (QED) is 0.669.